The molecule has 1 nitrogen and oxygen atoms in total. The Labute approximate surface area is 92.9 Å². The lowest BCUT2D eigenvalue weighted by atomic mass is 9.50. The molecule has 0 heterocycles. The Balaban J connectivity index is 2.13. The molecule has 2 unspecified atom stereocenters. The molecule has 0 amide bonds. The molecule has 4 aliphatic carbocycles. The highest BCUT2D eigenvalue weighted by molar-refractivity contribution is 5.34. The van der Waals surface area contributed by atoms with Crippen LogP contribution in [0.15, 0.2) is 11.6 Å². The third-order valence-electron chi connectivity index (χ3n) is 5.46. The summed E-state index contributed by atoms with van der Waals surface area (Å²) >= 11 is 0. The van der Waals surface area contributed by atoms with Gasteiger partial charge in [0.1, 0.15) is 0 Å². The van der Waals surface area contributed by atoms with E-state index in [4.69, 9.17) is 4.74 Å². The lowest BCUT2D eigenvalue weighted by Crippen LogP contribution is -2.56. The van der Waals surface area contributed by atoms with Crippen LogP contribution in [0.5, 0.6) is 0 Å². The van der Waals surface area contributed by atoms with E-state index >= 15 is 0 Å². The molecule has 0 aromatic rings. The van der Waals surface area contributed by atoms with Crippen molar-refractivity contribution in [2.24, 2.45) is 10.8 Å². The topological polar surface area (TPSA) is 9.23 Å². The molecule has 0 saturated heterocycles. The maximum atomic E-state index is 5.91. The van der Waals surface area contributed by atoms with Crippen LogP contribution < -0.4 is 0 Å². The van der Waals surface area contributed by atoms with Gasteiger partial charge in [0.2, 0.25) is 0 Å². The molecule has 1 heteroatoms. The summed E-state index contributed by atoms with van der Waals surface area (Å²) in [6.45, 7) is 4.78. The quantitative estimate of drug-likeness (QED) is 0.594. The smallest absolute Gasteiger partial charge is 0.0912 e. The fraction of sp³-hybridized carbons (Fsp3) is 0.857. The van der Waals surface area contributed by atoms with Gasteiger partial charge in [-0.15, -0.1) is 0 Å². The van der Waals surface area contributed by atoms with E-state index < -0.39 is 0 Å². The first kappa shape index (κ1) is 9.89. The van der Waals surface area contributed by atoms with Gasteiger partial charge in [-0.3, -0.25) is 0 Å². The van der Waals surface area contributed by atoms with Crippen LogP contribution in [0.25, 0.3) is 0 Å². The first-order chi connectivity index (χ1) is 7.04. The zero-order valence-electron chi connectivity index (χ0n) is 10.2. The molecule has 0 radical (unpaired) electrons. The van der Waals surface area contributed by atoms with Crippen LogP contribution in [0, 0.1) is 10.8 Å². The summed E-state index contributed by atoms with van der Waals surface area (Å²) < 4.78 is 5.91. The number of methoxy groups -OCH3 is 1. The molecule has 0 aromatic carbocycles. The number of ether oxygens (including phenoxy) is 1. The van der Waals surface area contributed by atoms with Crippen molar-refractivity contribution in [3.63, 3.8) is 0 Å². The zero-order valence-corrected chi connectivity index (χ0v) is 10.2. The molecule has 2 atom stereocenters. The predicted molar refractivity (Wildman–Crippen MR) is 61.7 cm³/mol. The van der Waals surface area contributed by atoms with Crippen LogP contribution in [-0.2, 0) is 4.74 Å². The van der Waals surface area contributed by atoms with E-state index in [1.807, 2.05) is 7.11 Å². The van der Waals surface area contributed by atoms with Gasteiger partial charge in [0.15, 0.2) is 0 Å². The highest BCUT2D eigenvalue weighted by Gasteiger charge is 2.59. The second kappa shape index (κ2) is 2.68. The average molecular weight is 206 g/mol. The van der Waals surface area contributed by atoms with Crippen molar-refractivity contribution in [1.29, 1.82) is 0 Å². The Morgan fingerprint density at radius 2 is 2.00 bits per heavy atom. The fourth-order valence-electron chi connectivity index (χ4n) is 4.59. The Morgan fingerprint density at radius 3 is 2.67 bits per heavy atom. The normalized spacial score (nSPS) is 46.5. The fourth-order valence-corrected chi connectivity index (χ4v) is 4.59. The van der Waals surface area contributed by atoms with E-state index in [9.17, 15) is 0 Å². The van der Waals surface area contributed by atoms with Crippen LogP contribution >= 0.6 is 0 Å². The summed E-state index contributed by atoms with van der Waals surface area (Å²) in [6, 6.07) is 0. The molecular weight excluding hydrogens is 184 g/mol. The average Bonchev–Trinajstić information content (AvgIpc) is 2.57. The van der Waals surface area contributed by atoms with Crippen LogP contribution in [0.3, 0.4) is 0 Å². The lowest BCUT2D eigenvalue weighted by molar-refractivity contribution is -0.128. The van der Waals surface area contributed by atoms with Crippen molar-refractivity contribution in [2.75, 3.05) is 7.11 Å². The van der Waals surface area contributed by atoms with E-state index in [0.717, 1.165) is 0 Å². The largest absolute Gasteiger partial charge is 0.374 e. The summed E-state index contributed by atoms with van der Waals surface area (Å²) in [5.74, 6) is 0. The number of hydrogen-bond acceptors (Lipinski definition) is 1. The number of fused-ring (bicyclic) bond motifs is 2. The Bertz CT molecular complexity index is 328. The summed E-state index contributed by atoms with van der Waals surface area (Å²) in [5, 5.41) is 0. The SMILES string of the molecule is COC12C=C3CCCC3(CC1)CC2(C)C. The van der Waals surface area contributed by atoms with E-state index in [-0.39, 0.29) is 5.60 Å². The van der Waals surface area contributed by atoms with Gasteiger partial charge in [0, 0.05) is 7.11 Å². The molecule has 15 heavy (non-hydrogen) atoms. The van der Waals surface area contributed by atoms with E-state index in [1.54, 1.807) is 5.57 Å². The molecule has 2 fully saturated rings. The minimum atomic E-state index is 0.0500. The first-order valence-corrected chi connectivity index (χ1v) is 6.31. The number of allylic oxidation sites excluding steroid dienone is 1. The lowest BCUT2D eigenvalue weighted by Gasteiger charge is -2.59. The molecule has 0 N–H and O–H groups in total. The van der Waals surface area contributed by atoms with E-state index in [0.29, 0.717) is 10.8 Å². The van der Waals surface area contributed by atoms with Crippen LogP contribution in [0.1, 0.15) is 52.4 Å². The maximum Gasteiger partial charge on any atom is 0.0912 e. The second-order valence-electron chi connectivity index (χ2n) is 6.46. The molecule has 0 aliphatic heterocycles. The van der Waals surface area contributed by atoms with Crippen molar-refractivity contribution in [3.8, 4) is 0 Å². The molecule has 2 bridgehead atoms. The summed E-state index contributed by atoms with van der Waals surface area (Å²) in [5.41, 5.74) is 2.70. The van der Waals surface area contributed by atoms with Crippen molar-refractivity contribution >= 4 is 0 Å². The Kier molecular flexibility index (Phi) is 1.77. The summed E-state index contributed by atoms with van der Waals surface area (Å²) in [4.78, 5) is 0. The van der Waals surface area contributed by atoms with Gasteiger partial charge in [-0.2, -0.15) is 0 Å². The van der Waals surface area contributed by atoms with Gasteiger partial charge in [-0.1, -0.05) is 25.5 Å². The van der Waals surface area contributed by atoms with Crippen molar-refractivity contribution in [1.82, 2.24) is 0 Å². The van der Waals surface area contributed by atoms with Crippen molar-refractivity contribution in [3.05, 3.63) is 11.6 Å². The van der Waals surface area contributed by atoms with Crippen LogP contribution in [0.2, 0.25) is 0 Å². The number of rotatable bonds is 1. The van der Waals surface area contributed by atoms with Crippen molar-refractivity contribution in [2.45, 2.75) is 58.0 Å². The molecule has 4 rings (SSSR count). The maximum absolute atomic E-state index is 5.91. The van der Waals surface area contributed by atoms with Crippen molar-refractivity contribution < 1.29 is 4.74 Å². The van der Waals surface area contributed by atoms with Crippen LogP contribution in [0.4, 0.5) is 0 Å². The third-order valence-corrected chi connectivity index (χ3v) is 5.46. The monoisotopic (exact) mass is 206 g/mol. The van der Waals surface area contributed by atoms with Gasteiger partial charge >= 0.3 is 0 Å². The molecule has 4 aliphatic rings. The third kappa shape index (κ3) is 1.03. The summed E-state index contributed by atoms with van der Waals surface area (Å²) in [6.07, 6.45) is 10.6. The minimum absolute atomic E-state index is 0.0500. The Morgan fingerprint density at radius 1 is 1.20 bits per heavy atom. The molecular formula is C14H22O. The predicted octanol–water partition coefficient (Wildman–Crippen LogP) is 3.69. The van der Waals surface area contributed by atoms with Gasteiger partial charge in [-0.05, 0) is 49.4 Å². The molecule has 2 saturated carbocycles. The van der Waals surface area contributed by atoms with Gasteiger partial charge in [0.05, 0.1) is 5.60 Å². The summed E-state index contributed by atoms with van der Waals surface area (Å²) in [7, 11) is 1.89. The first-order valence-electron chi connectivity index (χ1n) is 6.31. The molecule has 1 spiro atoms. The standard InChI is InChI=1S/C14H22O/c1-12(2)10-13-6-4-5-11(13)9-14(12,15-3)8-7-13/h9H,4-8,10H2,1-3H3. The highest BCUT2D eigenvalue weighted by Crippen LogP contribution is 2.66. The van der Waals surface area contributed by atoms with Gasteiger partial charge in [-0.25, -0.2) is 0 Å². The van der Waals surface area contributed by atoms with E-state index in [1.165, 1.54) is 38.5 Å². The zero-order chi connectivity index (χ0) is 10.7. The second-order valence-corrected chi connectivity index (χ2v) is 6.46. The van der Waals surface area contributed by atoms with Gasteiger partial charge in [0.25, 0.3) is 0 Å². The van der Waals surface area contributed by atoms with Gasteiger partial charge < -0.3 is 4.74 Å². The number of hydrogen-bond donors (Lipinski definition) is 0. The van der Waals surface area contributed by atoms with Crippen LogP contribution in [-0.4, -0.2) is 12.7 Å². The minimum Gasteiger partial charge on any atom is -0.374 e. The van der Waals surface area contributed by atoms with E-state index in [2.05, 4.69) is 19.9 Å². The molecule has 84 valence electrons. The Hall–Kier alpha value is -0.300. The molecule has 0 aromatic heterocycles. The highest BCUT2D eigenvalue weighted by atomic mass is 16.5.